The summed E-state index contributed by atoms with van der Waals surface area (Å²) in [5.41, 5.74) is 1.92. The zero-order valence-corrected chi connectivity index (χ0v) is 13.2. The number of rotatable bonds is 7. The molecule has 0 saturated heterocycles. The number of hydrogen-bond donors (Lipinski definition) is 3. The lowest BCUT2D eigenvalue weighted by atomic mass is 9.90. The summed E-state index contributed by atoms with van der Waals surface area (Å²) in [4.78, 5) is 11.8. The number of hydrogen-bond acceptors (Lipinski definition) is 3. The Hall–Kier alpha value is -1.20. The molecule has 1 aromatic rings. The molecule has 0 spiro atoms. The van der Waals surface area contributed by atoms with Crippen molar-refractivity contribution in [1.82, 2.24) is 5.32 Å². The highest BCUT2D eigenvalue weighted by Crippen LogP contribution is 2.18. The Morgan fingerprint density at radius 3 is 2.50 bits per heavy atom. The van der Waals surface area contributed by atoms with Gasteiger partial charge in [0.25, 0.3) is 0 Å². The molecule has 0 aliphatic heterocycles. The minimum atomic E-state index is -0.214. The molecule has 0 aliphatic carbocycles. The fourth-order valence-electron chi connectivity index (χ4n) is 1.74. The molecule has 1 aromatic carbocycles. The Balaban J connectivity index is 2.42. The van der Waals surface area contributed by atoms with Gasteiger partial charge >= 0.3 is 6.03 Å². The molecule has 0 radical (unpaired) electrons. The van der Waals surface area contributed by atoms with Crippen molar-refractivity contribution < 1.29 is 9.90 Å². The van der Waals surface area contributed by atoms with Crippen LogP contribution in [0.15, 0.2) is 24.3 Å². The first-order valence-corrected chi connectivity index (χ1v) is 8.10. The predicted octanol–water partition coefficient (Wildman–Crippen LogP) is 3.08. The van der Waals surface area contributed by atoms with E-state index in [-0.39, 0.29) is 18.1 Å². The number of nitrogens with one attached hydrogen (secondary N) is 2. The second kappa shape index (κ2) is 8.17. The van der Waals surface area contributed by atoms with Crippen LogP contribution in [0.4, 0.5) is 10.5 Å². The lowest BCUT2D eigenvalue weighted by molar-refractivity contribution is 0.204. The van der Waals surface area contributed by atoms with Crippen LogP contribution in [0.25, 0.3) is 0 Å². The molecule has 1 rings (SSSR count). The van der Waals surface area contributed by atoms with E-state index in [0.29, 0.717) is 13.0 Å². The monoisotopic (exact) mass is 296 g/mol. The molecule has 0 heterocycles. The van der Waals surface area contributed by atoms with Gasteiger partial charge < -0.3 is 15.7 Å². The van der Waals surface area contributed by atoms with E-state index in [1.165, 1.54) is 5.56 Å². The van der Waals surface area contributed by atoms with Crippen LogP contribution in [0.2, 0.25) is 0 Å². The summed E-state index contributed by atoms with van der Waals surface area (Å²) >= 11 is 1.77. The molecule has 0 aromatic heterocycles. The quantitative estimate of drug-likeness (QED) is 0.724. The zero-order valence-electron chi connectivity index (χ0n) is 12.4. The average molecular weight is 296 g/mol. The van der Waals surface area contributed by atoms with Crippen molar-refractivity contribution in [3.8, 4) is 0 Å². The molecule has 4 nitrogen and oxygen atoms in total. The van der Waals surface area contributed by atoms with Gasteiger partial charge in [-0.15, -0.1) is 0 Å². The van der Waals surface area contributed by atoms with Crippen LogP contribution in [0, 0.1) is 5.41 Å². The zero-order chi connectivity index (χ0) is 15.0. The van der Waals surface area contributed by atoms with Gasteiger partial charge in [-0.1, -0.05) is 26.0 Å². The maximum atomic E-state index is 11.8. The largest absolute Gasteiger partial charge is 0.396 e. The Kier molecular flexibility index (Phi) is 6.88. The molecule has 0 bridgehead atoms. The summed E-state index contributed by atoms with van der Waals surface area (Å²) in [5.74, 6) is 0.974. The van der Waals surface area contributed by atoms with Gasteiger partial charge in [-0.25, -0.2) is 4.79 Å². The predicted molar refractivity (Wildman–Crippen MR) is 86.2 cm³/mol. The Bertz CT molecular complexity index is 418. The van der Waals surface area contributed by atoms with E-state index in [4.69, 9.17) is 5.11 Å². The number of benzene rings is 1. The van der Waals surface area contributed by atoms with E-state index in [1.807, 2.05) is 38.1 Å². The highest BCUT2D eigenvalue weighted by Gasteiger charge is 2.17. The smallest absolute Gasteiger partial charge is 0.319 e. The van der Waals surface area contributed by atoms with Crippen molar-refractivity contribution in [3.63, 3.8) is 0 Å². The molecule has 3 N–H and O–H groups in total. The van der Waals surface area contributed by atoms with Crippen LogP contribution in [0.3, 0.4) is 0 Å². The van der Waals surface area contributed by atoms with Crippen molar-refractivity contribution in [1.29, 1.82) is 0 Å². The first-order valence-electron chi connectivity index (χ1n) is 6.70. The molecule has 5 heteroatoms. The highest BCUT2D eigenvalue weighted by atomic mass is 32.2. The molecule has 20 heavy (non-hydrogen) atoms. The van der Waals surface area contributed by atoms with Crippen molar-refractivity contribution in [2.24, 2.45) is 5.41 Å². The van der Waals surface area contributed by atoms with Gasteiger partial charge in [0.2, 0.25) is 0 Å². The van der Waals surface area contributed by atoms with Gasteiger partial charge in [0.1, 0.15) is 0 Å². The molecule has 0 aliphatic rings. The van der Waals surface area contributed by atoms with Gasteiger partial charge in [0, 0.05) is 24.6 Å². The van der Waals surface area contributed by atoms with E-state index in [1.54, 1.807) is 11.8 Å². The summed E-state index contributed by atoms with van der Waals surface area (Å²) in [6.45, 7) is 4.69. The lowest BCUT2D eigenvalue weighted by Crippen LogP contribution is -2.37. The molecule has 112 valence electrons. The molecule has 0 saturated carbocycles. The number of aliphatic hydroxyl groups excluding tert-OH is 1. The minimum absolute atomic E-state index is 0.103. The standard InChI is InChI=1S/C15H24N2O2S/c1-15(2,8-9-18)11-16-14(19)17-13-6-4-12(5-7-13)10-20-3/h4-7,18H,8-11H2,1-3H3,(H2,16,17,19). The maximum absolute atomic E-state index is 11.8. The number of anilines is 1. The van der Waals surface area contributed by atoms with Gasteiger partial charge in [-0.3, -0.25) is 0 Å². The van der Waals surface area contributed by atoms with Gasteiger partial charge in [-0.05, 0) is 35.8 Å². The van der Waals surface area contributed by atoms with Crippen LogP contribution in [-0.2, 0) is 5.75 Å². The number of thioether (sulfide) groups is 1. The van der Waals surface area contributed by atoms with Gasteiger partial charge in [0.05, 0.1) is 0 Å². The molecule has 0 unspecified atom stereocenters. The third-order valence-corrected chi connectivity index (χ3v) is 3.66. The van der Waals surface area contributed by atoms with E-state index in [9.17, 15) is 4.79 Å². The second-order valence-corrected chi connectivity index (χ2v) is 6.44. The molecule has 2 amide bonds. The normalized spacial score (nSPS) is 11.2. The van der Waals surface area contributed by atoms with Crippen LogP contribution in [0.5, 0.6) is 0 Å². The van der Waals surface area contributed by atoms with Crippen molar-refractivity contribution in [2.75, 3.05) is 24.7 Å². The van der Waals surface area contributed by atoms with Crippen LogP contribution >= 0.6 is 11.8 Å². The number of urea groups is 1. The van der Waals surface area contributed by atoms with Crippen LogP contribution in [0.1, 0.15) is 25.8 Å². The third-order valence-electron chi connectivity index (χ3n) is 3.04. The molecule has 0 fully saturated rings. The van der Waals surface area contributed by atoms with Crippen molar-refractivity contribution >= 4 is 23.5 Å². The topological polar surface area (TPSA) is 61.4 Å². The lowest BCUT2D eigenvalue weighted by Gasteiger charge is -2.23. The summed E-state index contributed by atoms with van der Waals surface area (Å²) in [5, 5.41) is 14.6. The summed E-state index contributed by atoms with van der Waals surface area (Å²) in [7, 11) is 0. The SMILES string of the molecule is CSCc1ccc(NC(=O)NCC(C)(C)CCO)cc1. The van der Waals surface area contributed by atoms with Crippen LogP contribution < -0.4 is 10.6 Å². The number of carbonyl (C=O) groups excluding carboxylic acids is 1. The Morgan fingerprint density at radius 1 is 1.30 bits per heavy atom. The first kappa shape index (κ1) is 16.9. The Morgan fingerprint density at radius 2 is 1.95 bits per heavy atom. The molecule has 0 atom stereocenters. The van der Waals surface area contributed by atoms with Crippen LogP contribution in [-0.4, -0.2) is 30.5 Å². The number of aliphatic hydroxyl groups is 1. The van der Waals surface area contributed by atoms with E-state index in [0.717, 1.165) is 11.4 Å². The molecular formula is C15H24N2O2S. The second-order valence-electron chi connectivity index (χ2n) is 5.58. The average Bonchev–Trinajstić information content (AvgIpc) is 2.39. The first-order chi connectivity index (χ1) is 9.46. The molecular weight excluding hydrogens is 272 g/mol. The number of amides is 2. The van der Waals surface area contributed by atoms with Crippen molar-refractivity contribution in [3.05, 3.63) is 29.8 Å². The summed E-state index contributed by atoms with van der Waals surface area (Å²) < 4.78 is 0. The van der Waals surface area contributed by atoms with E-state index >= 15 is 0 Å². The number of carbonyl (C=O) groups is 1. The van der Waals surface area contributed by atoms with Crippen molar-refractivity contribution in [2.45, 2.75) is 26.0 Å². The van der Waals surface area contributed by atoms with Gasteiger partial charge in [-0.2, -0.15) is 11.8 Å². The summed E-state index contributed by atoms with van der Waals surface area (Å²) in [6.07, 6.45) is 2.73. The van der Waals surface area contributed by atoms with Gasteiger partial charge in [0.15, 0.2) is 0 Å². The van der Waals surface area contributed by atoms with E-state index < -0.39 is 0 Å². The third kappa shape index (κ3) is 6.30. The minimum Gasteiger partial charge on any atom is -0.396 e. The summed E-state index contributed by atoms with van der Waals surface area (Å²) in [6, 6.07) is 7.63. The highest BCUT2D eigenvalue weighted by molar-refractivity contribution is 7.97. The maximum Gasteiger partial charge on any atom is 0.319 e. The fraction of sp³-hybridized carbons (Fsp3) is 0.533. The Labute approximate surface area is 125 Å². The fourth-order valence-corrected chi connectivity index (χ4v) is 2.26. The van der Waals surface area contributed by atoms with E-state index in [2.05, 4.69) is 16.9 Å².